The van der Waals surface area contributed by atoms with Crippen LogP contribution in [0.2, 0.25) is 0 Å². The molecule has 0 aliphatic carbocycles. The van der Waals surface area contributed by atoms with Crippen molar-refractivity contribution in [1.82, 2.24) is 24.2 Å². The minimum atomic E-state index is -0.0830. The summed E-state index contributed by atoms with van der Waals surface area (Å²) in [6.07, 6.45) is 2.64. The molecule has 0 radical (unpaired) electrons. The molecule has 1 unspecified atom stereocenters. The van der Waals surface area contributed by atoms with Crippen LogP contribution in [0.3, 0.4) is 0 Å². The topological polar surface area (TPSA) is 38.9 Å². The Bertz CT molecular complexity index is 607. The van der Waals surface area contributed by atoms with Crippen LogP contribution in [-0.2, 0) is 13.6 Å². The van der Waals surface area contributed by atoms with Gasteiger partial charge in [-0.3, -0.25) is 4.68 Å². The third-order valence-electron chi connectivity index (χ3n) is 4.11. The second-order valence-corrected chi connectivity index (χ2v) is 6.32. The van der Waals surface area contributed by atoms with Gasteiger partial charge in [0.1, 0.15) is 11.3 Å². The van der Waals surface area contributed by atoms with Crippen LogP contribution in [0.25, 0.3) is 11.2 Å². The summed E-state index contributed by atoms with van der Waals surface area (Å²) in [7, 11) is 1.98. The summed E-state index contributed by atoms with van der Waals surface area (Å²) in [5.41, 5.74) is 3.04. The third-order valence-corrected chi connectivity index (χ3v) is 4.31. The van der Waals surface area contributed by atoms with Crippen molar-refractivity contribution >= 4 is 22.8 Å². The Kier molecular flexibility index (Phi) is 3.73. The van der Waals surface area contributed by atoms with E-state index in [-0.39, 0.29) is 5.38 Å². The number of fused-ring (bicyclic) bond motifs is 1. The Balaban J connectivity index is 1.95. The molecule has 6 heteroatoms. The maximum absolute atomic E-state index is 6.31. The number of nitrogens with zero attached hydrogens (tertiary/aromatic N) is 5. The molecule has 2 aromatic rings. The molecule has 0 amide bonds. The SMILES string of the molecule is Cc1nn(C)c2c1nc(C(C)Cl)n2CCN1CCCC1. The van der Waals surface area contributed by atoms with Gasteiger partial charge in [-0.15, -0.1) is 11.6 Å². The normalized spacial score (nSPS) is 18.2. The fraction of sp³-hybridized carbons (Fsp3) is 0.714. The smallest absolute Gasteiger partial charge is 0.158 e. The first kappa shape index (κ1) is 13.9. The van der Waals surface area contributed by atoms with Gasteiger partial charge >= 0.3 is 0 Å². The molecular formula is C14H22ClN5. The molecule has 0 saturated carbocycles. The molecule has 3 rings (SSSR count). The highest BCUT2D eigenvalue weighted by Crippen LogP contribution is 2.26. The Hall–Kier alpha value is -1.07. The molecule has 1 aliphatic heterocycles. The van der Waals surface area contributed by atoms with E-state index >= 15 is 0 Å². The number of imidazole rings is 1. The third kappa shape index (κ3) is 2.33. The lowest BCUT2D eigenvalue weighted by molar-refractivity contribution is 0.321. The minimum absolute atomic E-state index is 0.0830. The van der Waals surface area contributed by atoms with Crippen molar-refractivity contribution in [2.45, 2.75) is 38.6 Å². The minimum Gasteiger partial charge on any atom is -0.310 e. The summed E-state index contributed by atoms with van der Waals surface area (Å²) in [5, 5.41) is 4.38. The van der Waals surface area contributed by atoms with Crippen molar-refractivity contribution in [3.05, 3.63) is 11.5 Å². The number of likely N-dealkylation sites (tertiary alicyclic amines) is 1. The molecule has 0 aromatic carbocycles. The molecule has 3 heterocycles. The van der Waals surface area contributed by atoms with E-state index in [2.05, 4.69) is 14.6 Å². The summed E-state index contributed by atoms with van der Waals surface area (Å²) < 4.78 is 4.16. The van der Waals surface area contributed by atoms with Crippen LogP contribution in [-0.4, -0.2) is 43.9 Å². The van der Waals surface area contributed by atoms with Crippen LogP contribution in [0.4, 0.5) is 0 Å². The molecule has 1 atom stereocenters. The predicted octanol–water partition coefficient (Wildman–Crippen LogP) is 2.47. The zero-order chi connectivity index (χ0) is 14.3. The van der Waals surface area contributed by atoms with E-state index in [4.69, 9.17) is 16.6 Å². The monoisotopic (exact) mass is 295 g/mol. The summed E-state index contributed by atoms with van der Waals surface area (Å²) in [6, 6.07) is 0. The van der Waals surface area contributed by atoms with Gasteiger partial charge < -0.3 is 9.47 Å². The second-order valence-electron chi connectivity index (χ2n) is 5.67. The molecule has 1 saturated heterocycles. The first-order chi connectivity index (χ1) is 9.58. The lowest BCUT2D eigenvalue weighted by Gasteiger charge is -2.17. The molecule has 0 bridgehead atoms. The van der Waals surface area contributed by atoms with Gasteiger partial charge in [-0.2, -0.15) is 5.10 Å². The highest BCUT2D eigenvalue weighted by atomic mass is 35.5. The molecule has 5 nitrogen and oxygen atoms in total. The van der Waals surface area contributed by atoms with E-state index in [0.29, 0.717) is 0 Å². The number of aromatic nitrogens is 4. The van der Waals surface area contributed by atoms with Gasteiger partial charge in [-0.25, -0.2) is 4.98 Å². The van der Waals surface area contributed by atoms with E-state index in [1.54, 1.807) is 0 Å². The number of rotatable bonds is 4. The summed E-state index contributed by atoms with van der Waals surface area (Å²) >= 11 is 6.31. The van der Waals surface area contributed by atoms with Crippen LogP contribution in [0.1, 0.15) is 36.7 Å². The van der Waals surface area contributed by atoms with Gasteiger partial charge in [0.2, 0.25) is 0 Å². The van der Waals surface area contributed by atoms with E-state index in [9.17, 15) is 0 Å². The number of hydrogen-bond acceptors (Lipinski definition) is 3. The van der Waals surface area contributed by atoms with Crippen LogP contribution in [0, 0.1) is 6.92 Å². The van der Waals surface area contributed by atoms with E-state index in [1.807, 2.05) is 25.6 Å². The molecule has 110 valence electrons. The largest absolute Gasteiger partial charge is 0.310 e. The van der Waals surface area contributed by atoms with E-state index in [0.717, 1.165) is 35.8 Å². The van der Waals surface area contributed by atoms with Gasteiger partial charge in [0.15, 0.2) is 5.65 Å². The number of halogens is 1. The zero-order valence-corrected chi connectivity index (χ0v) is 13.2. The van der Waals surface area contributed by atoms with Gasteiger partial charge in [-0.05, 0) is 39.8 Å². The first-order valence-corrected chi connectivity index (χ1v) is 7.77. The van der Waals surface area contributed by atoms with Crippen LogP contribution >= 0.6 is 11.6 Å². The maximum Gasteiger partial charge on any atom is 0.158 e. The standard InChI is InChI=1S/C14H22ClN5/c1-10(15)13-16-12-11(2)17-18(3)14(12)20(13)9-8-19-6-4-5-7-19/h10H,4-9H2,1-3H3. The first-order valence-electron chi connectivity index (χ1n) is 7.34. The number of hydrogen-bond donors (Lipinski definition) is 0. The summed E-state index contributed by atoms with van der Waals surface area (Å²) in [5.74, 6) is 0.956. The maximum atomic E-state index is 6.31. The molecule has 2 aromatic heterocycles. The Labute approximate surface area is 124 Å². The van der Waals surface area contributed by atoms with Gasteiger partial charge in [-0.1, -0.05) is 0 Å². The van der Waals surface area contributed by atoms with Crippen LogP contribution in [0.15, 0.2) is 0 Å². The summed E-state index contributed by atoms with van der Waals surface area (Å²) in [4.78, 5) is 7.22. The lowest BCUT2D eigenvalue weighted by Crippen LogP contribution is -2.25. The fourth-order valence-electron chi connectivity index (χ4n) is 3.12. The van der Waals surface area contributed by atoms with Crippen molar-refractivity contribution in [2.24, 2.45) is 7.05 Å². The Morgan fingerprint density at radius 3 is 2.60 bits per heavy atom. The Morgan fingerprint density at radius 2 is 1.95 bits per heavy atom. The molecule has 0 N–H and O–H groups in total. The molecule has 1 fully saturated rings. The zero-order valence-electron chi connectivity index (χ0n) is 12.4. The van der Waals surface area contributed by atoms with Gasteiger partial charge in [0, 0.05) is 20.1 Å². The molecule has 20 heavy (non-hydrogen) atoms. The average molecular weight is 296 g/mol. The highest BCUT2D eigenvalue weighted by molar-refractivity contribution is 6.20. The van der Waals surface area contributed by atoms with Crippen LogP contribution in [0.5, 0.6) is 0 Å². The second kappa shape index (κ2) is 5.37. The fourth-order valence-corrected chi connectivity index (χ4v) is 3.29. The quantitative estimate of drug-likeness (QED) is 0.814. The number of alkyl halides is 1. The van der Waals surface area contributed by atoms with E-state index < -0.39 is 0 Å². The number of aryl methyl sites for hydroxylation is 2. The van der Waals surface area contributed by atoms with E-state index in [1.165, 1.54) is 25.9 Å². The lowest BCUT2D eigenvalue weighted by atomic mass is 10.4. The highest BCUT2D eigenvalue weighted by Gasteiger charge is 2.21. The van der Waals surface area contributed by atoms with Crippen molar-refractivity contribution in [2.75, 3.05) is 19.6 Å². The van der Waals surface area contributed by atoms with Crippen LogP contribution < -0.4 is 0 Å². The molecule has 1 aliphatic rings. The van der Waals surface area contributed by atoms with Crippen molar-refractivity contribution in [3.8, 4) is 0 Å². The molecular weight excluding hydrogens is 274 g/mol. The average Bonchev–Trinajstić information content (AvgIpc) is 3.07. The van der Waals surface area contributed by atoms with Crippen molar-refractivity contribution < 1.29 is 0 Å². The van der Waals surface area contributed by atoms with Gasteiger partial charge in [0.05, 0.1) is 11.1 Å². The summed E-state index contributed by atoms with van der Waals surface area (Å²) in [6.45, 7) is 8.41. The van der Waals surface area contributed by atoms with Crippen molar-refractivity contribution in [3.63, 3.8) is 0 Å². The van der Waals surface area contributed by atoms with Crippen molar-refractivity contribution in [1.29, 1.82) is 0 Å². The van der Waals surface area contributed by atoms with Gasteiger partial charge in [0.25, 0.3) is 0 Å². The Morgan fingerprint density at radius 1 is 1.25 bits per heavy atom. The predicted molar refractivity (Wildman–Crippen MR) is 81.2 cm³/mol. The molecule has 0 spiro atoms.